The number of halogens is 1. The molecule has 1 fully saturated rings. The summed E-state index contributed by atoms with van der Waals surface area (Å²) < 4.78 is 23.3. The average Bonchev–Trinajstić information content (AvgIpc) is 2.67. The van der Waals surface area contributed by atoms with E-state index in [1.165, 1.54) is 24.3 Å². The van der Waals surface area contributed by atoms with Crippen LogP contribution >= 0.6 is 15.9 Å². The summed E-state index contributed by atoms with van der Waals surface area (Å²) in [5.74, 6) is -0.281. The van der Waals surface area contributed by atoms with Crippen LogP contribution in [0.1, 0.15) is 20.7 Å². The Bertz CT molecular complexity index is 968. The number of benzene rings is 2. The van der Waals surface area contributed by atoms with E-state index in [1.54, 1.807) is 15.9 Å². The zero-order valence-electron chi connectivity index (χ0n) is 14.3. The first kappa shape index (κ1) is 19.5. The number of hydrogen-bond donors (Lipinski definition) is 1. The second-order valence-electron chi connectivity index (χ2n) is 6.13. The maximum Gasteiger partial charge on any atom is 0.255 e. The number of piperazine rings is 1. The third-order valence-electron chi connectivity index (χ3n) is 4.39. The average molecular weight is 452 g/mol. The van der Waals surface area contributed by atoms with Crippen LogP contribution < -0.4 is 5.14 Å². The largest absolute Gasteiger partial charge is 0.335 e. The molecule has 0 unspecified atom stereocenters. The van der Waals surface area contributed by atoms with E-state index in [2.05, 4.69) is 15.9 Å². The van der Waals surface area contributed by atoms with E-state index in [9.17, 15) is 18.0 Å². The first-order valence-corrected chi connectivity index (χ1v) is 10.6. The molecule has 3 rings (SSSR count). The minimum absolute atomic E-state index is 0.0390. The highest BCUT2D eigenvalue weighted by Gasteiger charge is 2.26. The number of carbonyl (C=O) groups is 2. The van der Waals surface area contributed by atoms with Gasteiger partial charge in [-0.2, -0.15) is 0 Å². The molecule has 2 aromatic rings. The third kappa shape index (κ3) is 4.37. The number of nitrogens with zero attached hydrogens (tertiary/aromatic N) is 2. The van der Waals surface area contributed by atoms with Gasteiger partial charge in [0, 0.05) is 36.2 Å². The Morgan fingerprint density at radius 1 is 0.852 bits per heavy atom. The van der Waals surface area contributed by atoms with Crippen molar-refractivity contribution in [1.29, 1.82) is 0 Å². The standard InChI is InChI=1S/C18H18BrN3O4S/c19-16-4-2-1-3-15(16)18(24)22-11-9-21(10-12-22)17(23)13-5-7-14(8-6-13)27(20,25)26/h1-8H,9-12H2,(H2,20,25,26). The molecule has 27 heavy (non-hydrogen) atoms. The molecule has 1 aliphatic heterocycles. The van der Waals surface area contributed by atoms with E-state index >= 15 is 0 Å². The van der Waals surface area contributed by atoms with Gasteiger partial charge in [-0.25, -0.2) is 13.6 Å². The van der Waals surface area contributed by atoms with Gasteiger partial charge in [0.15, 0.2) is 0 Å². The predicted molar refractivity (Wildman–Crippen MR) is 104 cm³/mol. The molecule has 1 heterocycles. The summed E-state index contributed by atoms with van der Waals surface area (Å²) >= 11 is 3.39. The Morgan fingerprint density at radius 2 is 1.37 bits per heavy atom. The normalized spacial score (nSPS) is 14.9. The quantitative estimate of drug-likeness (QED) is 0.766. The highest BCUT2D eigenvalue weighted by atomic mass is 79.9. The molecule has 0 saturated carbocycles. The van der Waals surface area contributed by atoms with Crippen LogP contribution in [0.25, 0.3) is 0 Å². The maximum absolute atomic E-state index is 12.6. The first-order chi connectivity index (χ1) is 12.8. The molecule has 2 aromatic carbocycles. The van der Waals surface area contributed by atoms with E-state index in [1.807, 2.05) is 18.2 Å². The van der Waals surface area contributed by atoms with Crippen molar-refractivity contribution in [2.75, 3.05) is 26.2 Å². The van der Waals surface area contributed by atoms with Gasteiger partial charge in [0.2, 0.25) is 10.0 Å². The molecule has 0 atom stereocenters. The molecule has 9 heteroatoms. The minimum Gasteiger partial charge on any atom is -0.335 e. The van der Waals surface area contributed by atoms with Gasteiger partial charge in [0.05, 0.1) is 10.5 Å². The maximum atomic E-state index is 12.6. The Kier molecular flexibility index (Phi) is 5.64. The summed E-state index contributed by atoms with van der Waals surface area (Å²) in [7, 11) is -3.79. The number of sulfonamides is 1. The van der Waals surface area contributed by atoms with Crippen LogP contribution in [0, 0.1) is 0 Å². The van der Waals surface area contributed by atoms with Crippen molar-refractivity contribution in [2.24, 2.45) is 5.14 Å². The van der Waals surface area contributed by atoms with Crippen LogP contribution in [-0.2, 0) is 10.0 Å². The lowest BCUT2D eigenvalue weighted by atomic mass is 10.1. The Hall–Kier alpha value is -2.23. The van der Waals surface area contributed by atoms with Gasteiger partial charge >= 0.3 is 0 Å². The number of amides is 2. The number of primary sulfonamides is 1. The molecule has 7 nitrogen and oxygen atoms in total. The SMILES string of the molecule is NS(=O)(=O)c1ccc(C(=O)N2CCN(C(=O)c3ccccc3Br)CC2)cc1. The van der Waals surface area contributed by atoms with Crippen molar-refractivity contribution in [2.45, 2.75) is 4.90 Å². The minimum atomic E-state index is -3.79. The van der Waals surface area contributed by atoms with Crippen molar-refractivity contribution in [3.8, 4) is 0 Å². The summed E-state index contributed by atoms with van der Waals surface area (Å²) in [6, 6.07) is 12.8. The van der Waals surface area contributed by atoms with Gasteiger partial charge in [-0.1, -0.05) is 12.1 Å². The smallest absolute Gasteiger partial charge is 0.255 e. The van der Waals surface area contributed by atoms with Crippen molar-refractivity contribution in [1.82, 2.24) is 9.80 Å². The number of nitrogens with two attached hydrogens (primary N) is 1. The fraction of sp³-hybridized carbons (Fsp3) is 0.222. The molecule has 2 amide bonds. The molecule has 0 radical (unpaired) electrons. The van der Waals surface area contributed by atoms with Crippen LogP contribution in [0.3, 0.4) is 0 Å². The van der Waals surface area contributed by atoms with Gasteiger partial charge in [0.25, 0.3) is 11.8 Å². The molecule has 0 spiro atoms. The fourth-order valence-electron chi connectivity index (χ4n) is 2.89. The Balaban J connectivity index is 1.64. The molecule has 1 aliphatic rings. The highest BCUT2D eigenvalue weighted by molar-refractivity contribution is 9.10. The molecule has 0 aliphatic carbocycles. The van der Waals surface area contributed by atoms with Crippen LogP contribution in [0.4, 0.5) is 0 Å². The van der Waals surface area contributed by atoms with E-state index in [0.717, 1.165) is 4.47 Å². The van der Waals surface area contributed by atoms with Gasteiger partial charge in [-0.05, 0) is 52.3 Å². The Morgan fingerprint density at radius 3 is 1.89 bits per heavy atom. The molecule has 2 N–H and O–H groups in total. The van der Waals surface area contributed by atoms with Gasteiger partial charge < -0.3 is 9.80 Å². The molecular formula is C18H18BrN3O4S. The van der Waals surface area contributed by atoms with Gasteiger partial charge in [0.1, 0.15) is 0 Å². The second-order valence-corrected chi connectivity index (χ2v) is 8.55. The van der Waals surface area contributed by atoms with E-state index < -0.39 is 10.0 Å². The monoisotopic (exact) mass is 451 g/mol. The Labute approximate surface area is 165 Å². The summed E-state index contributed by atoms with van der Waals surface area (Å²) in [6.45, 7) is 1.68. The molecular weight excluding hydrogens is 434 g/mol. The second kappa shape index (κ2) is 7.79. The van der Waals surface area contributed by atoms with Crippen LogP contribution in [0.5, 0.6) is 0 Å². The number of hydrogen-bond acceptors (Lipinski definition) is 4. The van der Waals surface area contributed by atoms with Crippen LogP contribution in [-0.4, -0.2) is 56.2 Å². The van der Waals surface area contributed by atoms with E-state index in [-0.39, 0.29) is 16.7 Å². The molecule has 142 valence electrons. The zero-order chi connectivity index (χ0) is 19.6. The summed E-state index contributed by atoms with van der Waals surface area (Å²) in [5.41, 5.74) is 0.976. The zero-order valence-corrected chi connectivity index (χ0v) is 16.7. The van der Waals surface area contributed by atoms with Gasteiger partial charge in [-0.3, -0.25) is 9.59 Å². The van der Waals surface area contributed by atoms with Crippen LogP contribution in [0.15, 0.2) is 57.9 Å². The van der Waals surface area contributed by atoms with Crippen molar-refractivity contribution >= 4 is 37.8 Å². The number of carbonyl (C=O) groups excluding carboxylic acids is 2. The van der Waals surface area contributed by atoms with E-state index in [4.69, 9.17) is 5.14 Å². The van der Waals surface area contributed by atoms with E-state index in [0.29, 0.717) is 37.3 Å². The number of rotatable bonds is 3. The summed E-state index contributed by atoms with van der Waals surface area (Å²) in [6.07, 6.45) is 0. The topological polar surface area (TPSA) is 101 Å². The molecule has 0 aromatic heterocycles. The van der Waals surface area contributed by atoms with Crippen LogP contribution in [0.2, 0.25) is 0 Å². The summed E-state index contributed by atoms with van der Waals surface area (Å²) in [5, 5.41) is 5.06. The lowest BCUT2D eigenvalue weighted by Crippen LogP contribution is -2.50. The molecule has 0 bridgehead atoms. The third-order valence-corrected chi connectivity index (χ3v) is 6.01. The van der Waals surface area contributed by atoms with Crippen molar-refractivity contribution < 1.29 is 18.0 Å². The van der Waals surface area contributed by atoms with Crippen molar-refractivity contribution in [3.63, 3.8) is 0 Å². The summed E-state index contributed by atoms with van der Waals surface area (Å²) in [4.78, 5) is 28.5. The van der Waals surface area contributed by atoms with Gasteiger partial charge in [-0.15, -0.1) is 0 Å². The fourth-order valence-corrected chi connectivity index (χ4v) is 3.86. The predicted octanol–water partition coefficient (Wildman–Crippen LogP) is 1.69. The lowest BCUT2D eigenvalue weighted by Gasteiger charge is -2.35. The highest BCUT2D eigenvalue weighted by Crippen LogP contribution is 2.19. The van der Waals surface area contributed by atoms with Crippen molar-refractivity contribution in [3.05, 3.63) is 64.1 Å². The lowest BCUT2D eigenvalue weighted by molar-refractivity contribution is 0.0535. The first-order valence-electron chi connectivity index (χ1n) is 8.23. The molecule has 1 saturated heterocycles.